The minimum atomic E-state index is -3.32. The molecule has 2 rings (SSSR count). The van der Waals surface area contributed by atoms with Gasteiger partial charge in [-0.2, -0.15) is 5.10 Å². The summed E-state index contributed by atoms with van der Waals surface area (Å²) in [4.78, 5) is 13.6. The lowest BCUT2D eigenvalue weighted by atomic mass is 9.95. The molecule has 0 fully saturated rings. The highest BCUT2D eigenvalue weighted by molar-refractivity contribution is 7.91. The molecule has 1 atom stereocenters. The molecule has 1 aromatic heterocycles. The number of aromatic nitrogens is 2. The second-order valence-corrected chi connectivity index (χ2v) is 7.31. The Hall–Kier alpha value is -1.41. The minimum Gasteiger partial charge on any atom is -0.384 e. The van der Waals surface area contributed by atoms with Crippen molar-refractivity contribution in [2.45, 2.75) is 12.5 Å². The van der Waals surface area contributed by atoms with E-state index >= 15 is 0 Å². The van der Waals surface area contributed by atoms with Crippen molar-refractivity contribution in [1.82, 2.24) is 14.7 Å². The van der Waals surface area contributed by atoms with Gasteiger partial charge in [0.25, 0.3) is 0 Å². The van der Waals surface area contributed by atoms with Gasteiger partial charge in [-0.05, 0) is 0 Å². The molecule has 0 aromatic carbocycles. The number of hydrogen-bond acceptors (Lipinski definition) is 5. The average molecular weight is 301 g/mol. The van der Waals surface area contributed by atoms with E-state index in [0.717, 1.165) is 17.5 Å². The summed E-state index contributed by atoms with van der Waals surface area (Å²) in [6.07, 6.45) is 2.86. The molecule has 0 spiro atoms. The van der Waals surface area contributed by atoms with E-state index in [-0.39, 0.29) is 11.8 Å². The molecule has 0 saturated heterocycles. The molecular formula is C12H19N3O4S. The number of ether oxygens (including phenoxy) is 1. The highest BCUT2D eigenvalue weighted by atomic mass is 32.2. The summed E-state index contributed by atoms with van der Waals surface area (Å²) in [5, 5.41) is 4.20. The second-order valence-electron chi connectivity index (χ2n) is 5.17. The van der Waals surface area contributed by atoms with Crippen molar-refractivity contribution in [3.63, 3.8) is 0 Å². The lowest BCUT2D eigenvalue weighted by molar-refractivity contribution is -0.130. The van der Waals surface area contributed by atoms with Crippen LogP contribution in [0.4, 0.5) is 0 Å². The molecule has 2 heterocycles. The third-order valence-corrected chi connectivity index (χ3v) is 4.19. The number of carbonyl (C=O) groups excluding carboxylic acids is 1. The van der Waals surface area contributed by atoms with Crippen LogP contribution in [0.1, 0.15) is 17.2 Å². The highest BCUT2D eigenvalue weighted by Gasteiger charge is 2.31. The predicted molar refractivity (Wildman–Crippen MR) is 73.0 cm³/mol. The monoisotopic (exact) mass is 301 g/mol. The third-order valence-electron chi connectivity index (χ3n) is 3.42. The first-order valence-corrected chi connectivity index (χ1v) is 8.33. The molecule has 0 unspecified atom stereocenters. The standard InChI is InChI=1S/C12H19N3O4S/c1-14-11-6-15(12(16)8-20(3,17)18)5-9(7-19-2)10(11)4-13-14/h4,9H,5-8H2,1-3H3/t9-/m1/s1. The number of rotatable bonds is 4. The topological polar surface area (TPSA) is 81.5 Å². The van der Waals surface area contributed by atoms with Crippen LogP contribution >= 0.6 is 0 Å². The molecule has 8 heteroatoms. The maximum Gasteiger partial charge on any atom is 0.238 e. The van der Waals surface area contributed by atoms with Crippen LogP contribution in [0.15, 0.2) is 6.20 Å². The van der Waals surface area contributed by atoms with E-state index in [2.05, 4.69) is 5.10 Å². The predicted octanol–water partition coefficient (Wildman–Crippen LogP) is -0.463. The number of aryl methyl sites for hydroxylation is 1. The van der Waals surface area contributed by atoms with Gasteiger partial charge in [0, 0.05) is 38.4 Å². The van der Waals surface area contributed by atoms with Crippen molar-refractivity contribution in [1.29, 1.82) is 0 Å². The van der Waals surface area contributed by atoms with E-state index in [0.29, 0.717) is 19.7 Å². The van der Waals surface area contributed by atoms with Crippen LogP contribution in [0.3, 0.4) is 0 Å². The summed E-state index contributed by atoms with van der Waals surface area (Å²) in [6.45, 7) is 1.32. The van der Waals surface area contributed by atoms with E-state index in [4.69, 9.17) is 4.74 Å². The van der Waals surface area contributed by atoms with Crippen LogP contribution < -0.4 is 0 Å². The summed E-state index contributed by atoms with van der Waals surface area (Å²) >= 11 is 0. The Morgan fingerprint density at radius 1 is 1.55 bits per heavy atom. The number of sulfone groups is 1. The molecule has 0 aliphatic carbocycles. The summed E-state index contributed by atoms with van der Waals surface area (Å²) in [6, 6.07) is 0. The van der Waals surface area contributed by atoms with Gasteiger partial charge in [0.15, 0.2) is 9.84 Å². The van der Waals surface area contributed by atoms with E-state index < -0.39 is 15.6 Å². The largest absolute Gasteiger partial charge is 0.384 e. The van der Waals surface area contributed by atoms with Crippen LogP contribution in [0.5, 0.6) is 0 Å². The average Bonchev–Trinajstić information content (AvgIpc) is 2.70. The van der Waals surface area contributed by atoms with Gasteiger partial charge in [-0.25, -0.2) is 8.42 Å². The molecule has 112 valence electrons. The second kappa shape index (κ2) is 5.53. The van der Waals surface area contributed by atoms with Crippen LogP contribution in [0.2, 0.25) is 0 Å². The summed E-state index contributed by atoms with van der Waals surface area (Å²) in [7, 11) is 0.0958. The van der Waals surface area contributed by atoms with Crippen LogP contribution in [0.25, 0.3) is 0 Å². The molecule has 20 heavy (non-hydrogen) atoms. The Labute approximate surface area is 118 Å². The van der Waals surface area contributed by atoms with Gasteiger partial charge >= 0.3 is 0 Å². The summed E-state index contributed by atoms with van der Waals surface area (Å²) in [5.41, 5.74) is 2.00. The smallest absolute Gasteiger partial charge is 0.238 e. The van der Waals surface area contributed by atoms with Gasteiger partial charge in [-0.15, -0.1) is 0 Å². The van der Waals surface area contributed by atoms with Crippen molar-refractivity contribution in [3.8, 4) is 0 Å². The highest BCUT2D eigenvalue weighted by Crippen LogP contribution is 2.28. The van der Waals surface area contributed by atoms with E-state index in [1.54, 1.807) is 22.9 Å². The van der Waals surface area contributed by atoms with Gasteiger partial charge in [0.2, 0.25) is 5.91 Å². The molecule has 1 amide bonds. The molecule has 0 N–H and O–H groups in total. The number of amides is 1. The number of nitrogens with zero attached hydrogens (tertiary/aromatic N) is 3. The molecule has 0 radical (unpaired) electrons. The Morgan fingerprint density at radius 2 is 2.25 bits per heavy atom. The number of methoxy groups -OCH3 is 1. The SMILES string of the molecule is COC[C@H]1CN(C(=O)CS(C)(=O)=O)Cc2c1cnn2C. The van der Waals surface area contributed by atoms with Crippen molar-refractivity contribution in [2.24, 2.45) is 7.05 Å². The molecule has 0 saturated carbocycles. The molecular weight excluding hydrogens is 282 g/mol. The zero-order valence-corrected chi connectivity index (χ0v) is 12.7. The molecule has 0 bridgehead atoms. The van der Waals surface area contributed by atoms with Crippen molar-refractivity contribution in [3.05, 3.63) is 17.5 Å². The third kappa shape index (κ3) is 3.18. The summed E-state index contributed by atoms with van der Waals surface area (Å²) in [5.74, 6) is -0.804. The number of hydrogen-bond donors (Lipinski definition) is 0. The molecule has 7 nitrogen and oxygen atoms in total. The van der Waals surface area contributed by atoms with E-state index in [9.17, 15) is 13.2 Å². The maximum atomic E-state index is 12.1. The Bertz CT molecular complexity index is 608. The van der Waals surface area contributed by atoms with Crippen molar-refractivity contribution < 1.29 is 17.9 Å². The van der Waals surface area contributed by atoms with Crippen LogP contribution in [-0.4, -0.2) is 61.3 Å². The van der Waals surface area contributed by atoms with Gasteiger partial charge < -0.3 is 9.64 Å². The Balaban J connectivity index is 2.23. The zero-order valence-electron chi connectivity index (χ0n) is 11.9. The Morgan fingerprint density at radius 3 is 2.85 bits per heavy atom. The first kappa shape index (κ1) is 15.0. The normalized spacial score (nSPS) is 18.9. The lowest BCUT2D eigenvalue weighted by Gasteiger charge is -2.32. The molecule has 1 aromatic rings. The fourth-order valence-electron chi connectivity index (χ4n) is 2.47. The fraction of sp³-hybridized carbons (Fsp3) is 0.667. The van der Waals surface area contributed by atoms with E-state index in [1.165, 1.54) is 0 Å². The van der Waals surface area contributed by atoms with Crippen molar-refractivity contribution in [2.75, 3.05) is 32.3 Å². The summed E-state index contributed by atoms with van der Waals surface area (Å²) < 4.78 is 29.4. The quantitative estimate of drug-likeness (QED) is 0.751. The minimum absolute atomic E-state index is 0.0287. The Kier molecular flexibility index (Phi) is 4.14. The van der Waals surface area contributed by atoms with Crippen LogP contribution in [0, 0.1) is 0 Å². The maximum absolute atomic E-state index is 12.1. The van der Waals surface area contributed by atoms with Crippen molar-refractivity contribution >= 4 is 15.7 Å². The number of fused-ring (bicyclic) bond motifs is 1. The van der Waals surface area contributed by atoms with Gasteiger partial charge in [-0.1, -0.05) is 0 Å². The van der Waals surface area contributed by atoms with Gasteiger partial charge in [-0.3, -0.25) is 9.48 Å². The van der Waals surface area contributed by atoms with E-state index in [1.807, 2.05) is 7.05 Å². The van der Waals surface area contributed by atoms with Crippen LogP contribution in [-0.2, 0) is 33.0 Å². The van der Waals surface area contributed by atoms with Gasteiger partial charge in [0.05, 0.1) is 25.0 Å². The first-order valence-electron chi connectivity index (χ1n) is 6.27. The molecule has 1 aliphatic heterocycles. The lowest BCUT2D eigenvalue weighted by Crippen LogP contribution is -2.42. The number of carbonyl (C=O) groups is 1. The van der Waals surface area contributed by atoms with Gasteiger partial charge in [0.1, 0.15) is 5.75 Å². The fourth-order valence-corrected chi connectivity index (χ4v) is 3.10. The zero-order chi connectivity index (χ0) is 14.9. The molecule has 1 aliphatic rings. The first-order chi connectivity index (χ1) is 9.31.